The Morgan fingerprint density at radius 1 is 1.33 bits per heavy atom. The Kier molecular flexibility index (Phi) is 5.24. The smallest absolute Gasteiger partial charge is 0.218 e. The Bertz CT molecular complexity index is 351. The van der Waals surface area contributed by atoms with Crippen LogP contribution in [0.2, 0.25) is 0 Å². The molecule has 0 aliphatic heterocycles. The molecule has 4 heteroatoms. The second kappa shape index (κ2) is 7.19. The highest BCUT2D eigenvalue weighted by molar-refractivity contribution is 5.36. The Labute approximate surface area is 109 Å². The number of anilines is 1. The molecule has 1 aromatic rings. The molecule has 0 saturated heterocycles. The standard InChI is InChI=1S/C14H23N3O/c1-2-9-18-14-10-13(16-11-17-14)15-8-7-12-5-3-4-6-12/h10-12H,2-9H2,1H3,(H,15,16,17). The van der Waals surface area contributed by atoms with E-state index in [9.17, 15) is 0 Å². The van der Waals surface area contributed by atoms with E-state index < -0.39 is 0 Å². The Hall–Kier alpha value is -1.32. The first-order valence-electron chi connectivity index (χ1n) is 7.07. The fourth-order valence-corrected chi connectivity index (χ4v) is 2.43. The van der Waals surface area contributed by atoms with E-state index >= 15 is 0 Å². The summed E-state index contributed by atoms with van der Waals surface area (Å²) in [4.78, 5) is 8.30. The first kappa shape index (κ1) is 13.1. The van der Waals surface area contributed by atoms with Crippen molar-refractivity contribution in [2.24, 2.45) is 5.92 Å². The van der Waals surface area contributed by atoms with Crippen LogP contribution in [0.3, 0.4) is 0 Å². The van der Waals surface area contributed by atoms with Crippen molar-refractivity contribution in [1.29, 1.82) is 0 Å². The van der Waals surface area contributed by atoms with Crippen LogP contribution >= 0.6 is 0 Å². The zero-order chi connectivity index (χ0) is 12.6. The van der Waals surface area contributed by atoms with Crippen LogP contribution in [0.5, 0.6) is 5.88 Å². The van der Waals surface area contributed by atoms with Crippen molar-refractivity contribution in [3.63, 3.8) is 0 Å². The maximum atomic E-state index is 5.48. The van der Waals surface area contributed by atoms with Gasteiger partial charge in [0.25, 0.3) is 0 Å². The summed E-state index contributed by atoms with van der Waals surface area (Å²) >= 11 is 0. The fourth-order valence-electron chi connectivity index (χ4n) is 2.43. The van der Waals surface area contributed by atoms with Gasteiger partial charge in [0.15, 0.2) is 0 Å². The van der Waals surface area contributed by atoms with Crippen molar-refractivity contribution in [2.75, 3.05) is 18.5 Å². The first-order chi connectivity index (χ1) is 8.88. The number of hydrogen-bond acceptors (Lipinski definition) is 4. The molecule has 0 bridgehead atoms. The van der Waals surface area contributed by atoms with Gasteiger partial charge >= 0.3 is 0 Å². The molecule has 1 saturated carbocycles. The number of nitrogens with one attached hydrogen (secondary N) is 1. The lowest BCUT2D eigenvalue weighted by molar-refractivity contribution is 0.305. The van der Waals surface area contributed by atoms with E-state index in [1.165, 1.54) is 32.1 Å². The van der Waals surface area contributed by atoms with Gasteiger partial charge < -0.3 is 10.1 Å². The lowest BCUT2D eigenvalue weighted by atomic mass is 10.0. The number of hydrogen-bond donors (Lipinski definition) is 1. The second-order valence-corrected chi connectivity index (χ2v) is 4.96. The minimum atomic E-state index is 0.662. The number of aromatic nitrogens is 2. The van der Waals surface area contributed by atoms with Crippen molar-refractivity contribution < 1.29 is 4.74 Å². The van der Waals surface area contributed by atoms with Gasteiger partial charge in [-0.25, -0.2) is 9.97 Å². The minimum Gasteiger partial charge on any atom is -0.478 e. The Morgan fingerprint density at radius 3 is 2.94 bits per heavy atom. The summed E-state index contributed by atoms with van der Waals surface area (Å²) in [5.74, 6) is 2.44. The van der Waals surface area contributed by atoms with Gasteiger partial charge in [0.1, 0.15) is 12.1 Å². The molecular formula is C14H23N3O. The molecule has 0 spiro atoms. The Balaban J connectivity index is 1.74. The molecule has 0 atom stereocenters. The molecule has 1 fully saturated rings. The molecule has 18 heavy (non-hydrogen) atoms. The lowest BCUT2D eigenvalue weighted by Crippen LogP contribution is -2.08. The van der Waals surface area contributed by atoms with E-state index in [2.05, 4.69) is 22.2 Å². The van der Waals surface area contributed by atoms with E-state index in [1.807, 2.05) is 6.07 Å². The fraction of sp³-hybridized carbons (Fsp3) is 0.714. The molecule has 0 radical (unpaired) electrons. The summed E-state index contributed by atoms with van der Waals surface area (Å²) in [6, 6.07) is 1.88. The maximum Gasteiger partial charge on any atom is 0.218 e. The van der Waals surface area contributed by atoms with Crippen LogP contribution in [0.25, 0.3) is 0 Å². The predicted octanol–water partition coefficient (Wildman–Crippen LogP) is 3.26. The van der Waals surface area contributed by atoms with Crippen molar-refractivity contribution in [3.8, 4) is 5.88 Å². The molecule has 1 aromatic heterocycles. The van der Waals surface area contributed by atoms with E-state index in [-0.39, 0.29) is 0 Å². The predicted molar refractivity (Wildman–Crippen MR) is 72.9 cm³/mol. The molecular weight excluding hydrogens is 226 g/mol. The van der Waals surface area contributed by atoms with E-state index in [4.69, 9.17) is 4.74 Å². The second-order valence-electron chi connectivity index (χ2n) is 4.96. The van der Waals surface area contributed by atoms with Crippen LogP contribution in [-0.4, -0.2) is 23.1 Å². The summed E-state index contributed by atoms with van der Waals surface area (Å²) in [6.45, 7) is 3.79. The minimum absolute atomic E-state index is 0.662. The van der Waals surface area contributed by atoms with Crippen LogP contribution in [0.15, 0.2) is 12.4 Å². The SMILES string of the molecule is CCCOc1cc(NCCC2CCCC2)ncn1. The zero-order valence-electron chi connectivity index (χ0n) is 11.2. The lowest BCUT2D eigenvalue weighted by Gasteiger charge is -2.10. The van der Waals surface area contributed by atoms with Crippen molar-refractivity contribution >= 4 is 5.82 Å². The van der Waals surface area contributed by atoms with Crippen molar-refractivity contribution in [1.82, 2.24) is 9.97 Å². The highest BCUT2D eigenvalue weighted by Crippen LogP contribution is 2.27. The summed E-state index contributed by atoms with van der Waals surface area (Å²) < 4.78 is 5.48. The van der Waals surface area contributed by atoms with Crippen LogP contribution in [-0.2, 0) is 0 Å². The molecule has 0 amide bonds. The third-order valence-corrected chi connectivity index (χ3v) is 3.43. The third-order valence-electron chi connectivity index (χ3n) is 3.43. The monoisotopic (exact) mass is 249 g/mol. The molecule has 1 aliphatic rings. The molecule has 1 N–H and O–H groups in total. The molecule has 4 nitrogen and oxygen atoms in total. The normalized spacial score (nSPS) is 15.8. The van der Waals surface area contributed by atoms with Crippen molar-refractivity contribution in [2.45, 2.75) is 45.4 Å². The van der Waals surface area contributed by atoms with Gasteiger partial charge in [0.2, 0.25) is 5.88 Å². The average molecular weight is 249 g/mol. The largest absolute Gasteiger partial charge is 0.478 e. The van der Waals surface area contributed by atoms with E-state index in [1.54, 1.807) is 6.33 Å². The van der Waals surface area contributed by atoms with Crippen LogP contribution in [0.4, 0.5) is 5.82 Å². The number of nitrogens with zero attached hydrogens (tertiary/aromatic N) is 2. The molecule has 0 aromatic carbocycles. The summed E-state index contributed by atoms with van der Waals surface area (Å²) in [7, 11) is 0. The number of rotatable bonds is 7. The van der Waals surface area contributed by atoms with Gasteiger partial charge in [-0.2, -0.15) is 0 Å². The van der Waals surface area contributed by atoms with Crippen molar-refractivity contribution in [3.05, 3.63) is 12.4 Å². The van der Waals surface area contributed by atoms with Crippen LogP contribution in [0, 0.1) is 5.92 Å². The molecule has 100 valence electrons. The summed E-state index contributed by atoms with van der Waals surface area (Å²) in [5, 5.41) is 3.36. The van der Waals surface area contributed by atoms with Gasteiger partial charge in [0.05, 0.1) is 6.61 Å². The van der Waals surface area contributed by atoms with Crippen LogP contribution < -0.4 is 10.1 Å². The highest BCUT2D eigenvalue weighted by atomic mass is 16.5. The molecule has 1 aliphatic carbocycles. The molecule has 1 heterocycles. The van der Waals surface area contributed by atoms with Gasteiger partial charge in [0, 0.05) is 12.6 Å². The van der Waals surface area contributed by atoms with Gasteiger partial charge in [-0.1, -0.05) is 32.6 Å². The maximum absolute atomic E-state index is 5.48. The zero-order valence-corrected chi connectivity index (χ0v) is 11.2. The topological polar surface area (TPSA) is 47.0 Å². The number of ether oxygens (including phenoxy) is 1. The molecule has 0 unspecified atom stereocenters. The summed E-state index contributed by atoms with van der Waals surface area (Å²) in [5.41, 5.74) is 0. The Morgan fingerprint density at radius 2 is 2.17 bits per heavy atom. The summed E-state index contributed by atoms with van der Waals surface area (Å²) in [6.07, 6.45) is 9.42. The quantitative estimate of drug-likeness (QED) is 0.805. The first-order valence-corrected chi connectivity index (χ1v) is 7.07. The van der Waals surface area contributed by atoms with E-state index in [0.29, 0.717) is 12.5 Å². The van der Waals surface area contributed by atoms with Gasteiger partial charge in [-0.3, -0.25) is 0 Å². The highest BCUT2D eigenvalue weighted by Gasteiger charge is 2.14. The van der Waals surface area contributed by atoms with E-state index in [0.717, 1.165) is 24.7 Å². The van der Waals surface area contributed by atoms with Gasteiger partial charge in [-0.15, -0.1) is 0 Å². The average Bonchev–Trinajstić information content (AvgIpc) is 2.90. The van der Waals surface area contributed by atoms with Gasteiger partial charge in [-0.05, 0) is 18.8 Å². The molecule has 2 rings (SSSR count). The van der Waals surface area contributed by atoms with Crippen LogP contribution in [0.1, 0.15) is 45.4 Å². The third kappa shape index (κ3) is 4.17.